The minimum absolute atomic E-state index is 0.0375. The van der Waals surface area contributed by atoms with Gasteiger partial charge in [-0.25, -0.2) is 4.98 Å². The molecule has 3 aromatic rings. The van der Waals surface area contributed by atoms with Crippen LogP contribution in [0.4, 0.5) is 5.82 Å². The summed E-state index contributed by atoms with van der Waals surface area (Å²) in [4.78, 5) is 4.57. The molecule has 3 nitrogen and oxygen atoms in total. The summed E-state index contributed by atoms with van der Waals surface area (Å²) in [6.45, 7) is 0.662. The van der Waals surface area contributed by atoms with E-state index in [0.717, 1.165) is 22.3 Å². The van der Waals surface area contributed by atoms with E-state index in [0.29, 0.717) is 6.54 Å². The normalized spacial score (nSPS) is 12.2. The number of nitrogens with zero attached hydrogens (tertiary/aromatic N) is 1. The summed E-state index contributed by atoms with van der Waals surface area (Å²) in [5.41, 5.74) is 8.28. The second-order valence-corrected chi connectivity index (χ2v) is 4.79. The predicted octanol–water partition coefficient (Wildman–Crippen LogP) is 3.35. The SMILES string of the molecule is NC(CNc1ccc2ccccc2n1)c1ccccc1. The van der Waals surface area contributed by atoms with Crippen LogP contribution in [-0.2, 0) is 0 Å². The lowest BCUT2D eigenvalue weighted by Gasteiger charge is -2.13. The Morgan fingerprint density at radius 3 is 2.50 bits per heavy atom. The van der Waals surface area contributed by atoms with Crippen molar-refractivity contribution in [1.29, 1.82) is 0 Å². The van der Waals surface area contributed by atoms with Gasteiger partial charge >= 0.3 is 0 Å². The first-order valence-corrected chi connectivity index (χ1v) is 6.73. The second kappa shape index (κ2) is 5.72. The molecule has 100 valence electrons. The van der Waals surface area contributed by atoms with Gasteiger partial charge < -0.3 is 11.1 Å². The van der Waals surface area contributed by atoms with Gasteiger partial charge in [-0.15, -0.1) is 0 Å². The van der Waals surface area contributed by atoms with E-state index in [4.69, 9.17) is 5.73 Å². The topological polar surface area (TPSA) is 50.9 Å². The zero-order chi connectivity index (χ0) is 13.8. The van der Waals surface area contributed by atoms with Gasteiger partial charge in [-0.2, -0.15) is 0 Å². The van der Waals surface area contributed by atoms with Gasteiger partial charge in [0.25, 0.3) is 0 Å². The standard InChI is InChI=1S/C17H17N3/c18-15(13-6-2-1-3-7-13)12-19-17-11-10-14-8-4-5-9-16(14)20-17/h1-11,15H,12,18H2,(H,19,20). The van der Waals surface area contributed by atoms with E-state index in [1.165, 1.54) is 0 Å². The lowest BCUT2D eigenvalue weighted by Crippen LogP contribution is -2.20. The smallest absolute Gasteiger partial charge is 0.126 e. The van der Waals surface area contributed by atoms with Crippen molar-refractivity contribution in [1.82, 2.24) is 4.98 Å². The van der Waals surface area contributed by atoms with Crippen molar-refractivity contribution in [3.05, 3.63) is 72.3 Å². The van der Waals surface area contributed by atoms with Crippen molar-refractivity contribution in [3.8, 4) is 0 Å². The average Bonchev–Trinajstić information content (AvgIpc) is 2.53. The molecule has 0 saturated carbocycles. The van der Waals surface area contributed by atoms with E-state index in [1.807, 2.05) is 54.6 Å². The number of benzene rings is 2. The number of aromatic nitrogens is 1. The minimum atomic E-state index is -0.0375. The Hall–Kier alpha value is -2.39. The van der Waals surface area contributed by atoms with E-state index in [9.17, 15) is 0 Å². The Morgan fingerprint density at radius 2 is 1.65 bits per heavy atom. The van der Waals surface area contributed by atoms with Crippen LogP contribution < -0.4 is 11.1 Å². The molecule has 3 heteroatoms. The molecule has 0 amide bonds. The Bertz CT molecular complexity index is 695. The molecule has 0 fully saturated rings. The van der Waals surface area contributed by atoms with Crippen LogP contribution in [0.1, 0.15) is 11.6 Å². The van der Waals surface area contributed by atoms with Crippen molar-refractivity contribution in [2.45, 2.75) is 6.04 Å². The molecule has 20 heavy (non-hydrogen) atoms. The maximum Gasteiger partial charge on any atom is 0.126 e. The van der Waals surface area contributed by atoms with Crippen molar-refractivity contribution >= 4 is 16.7 Å². The summed E-state index contributed by atoms with van der Waals surface area (Å²) < 4.78 is 0. The summed E-state index contributed by atoms with van der Waals surface area (Å²) in [5, 5.41) is 4.44. The molecule has 1 atom stereocenters. The monoisotopic (exact) mass is 263 g/mol. The Morgan fingerprint density at radius 1 is 0.900 bits per heavy atom. The largest absolute Gasteiger partial charge is 0.368 e. The van der Waals surface area contributed by atoms with Gasteiger partial charge in [-0.1, -0.05) is 48.5 Å². The second-order valence-electron chi connectivity index (χ2n) is 4.79. The molecule has 1 heterocycles. The fourth-order valence-electron chi connectivity index (χ4n) is 2.20. The molecule has 3 rings (SSSR count). The van der Waals surface area contributed by atoms with Crippen LogP contribution in [0.25, 0.3) is 10.9 Å². The molecule has 0 aliphatic heterocycles. The van der Waals surface area contributed by atoms with E-state index in [-0.39, 0.29) is 6.04 Å². The third kappa shape index (κ3) is 2.78. The highest BCUT2D eigenvalue weighted by Gasteiger charge is 2.05. The molecular weight excluding hydrogens is 246 g/mol. The number of nitrogens with two attached hydrogens (primary N) is 1. The number of para-hydroxylation sites is 1. The van der Waals surface area contributed by atoms with Gasteiger partial charge in [0.15, 0.2) is 0 Å². The lowest BCUT2D eigenvalue weighted by atomic mass is 10.1. The molecular formula is C17H17N3. The maximum atomic E-state index is 6.17. The first-order chi connectivity index (χ1) is 9.83. The summed E-state index contributed by atoms with van der Waals surface area (Å²) in [6, 6.07) is 22.2. The quantitative estimate of drug-likeness (QED) is 0.759. The van der Waals surface area contributed by atoms with E-state index in [2.05, 4.69) is 22.4 Å². The van der Waals surface area contributed by atoms with Crippen molar-refractivity contribution < 1.29 is 0 Å². The summed E-state index contributed by atoms with van der Waals surface area (Å²) in [5.74, 6) is 0.857. The molecule has 2 aromatic carbocycles. The fraction of sp³-hybridized carbons (Fsp3) is 0.118. The first kappa shape index (κ1) is 12.6. The molecule has 0 saturated heterocycles. The van der Waals surface area contributed by atoms with Crippen molar-refractivity contribution in [2.24, 2.45) is 5.73 Å². The average molecular weight is 263 g/mol. The van der Waals surface area contributed by atoms with Crippen LogP contribution in [0.3, 0.4) is 0 Å². The van der Waals surface area contributed by atoms with Crippen LogP contribution in [0, 0.1) is 0 Å². The molecule has 0 bridgehead atoms. The molecule has 3 N–H and O–H groups in total. The Balaban J connectivity index is 1.70. The van der Waals surface area contributed by atoms with Crippen molar-refractivity contribution in [2.75, 3.05) is 11.9 Å². The van der Waals surface area contributed by atoms with Crippen molar-refractivity contribution in [3.63, 3.8) is 0 Å². The summed E-state index contributed by atoms with van der Waals surface area (Å²) in [6.07, 6.45) is 0. The number of anilines is 1. The molecule has 0 aliphatic rings. The third-order valence-corrected chi connectivity index (χ3v) is 3.33. The predicted molar refractivity (Wildman–Crippen MR) is 83.6 cm³/mol. The van der Waals surface area contributed by atoms with Gasteiger partial charge in [0.2, 0.25) is 0 Å². The van der Waals surface area contributed by atoms with E-state index >= 15 is 0 Å². The number of fused-ring (bicyclic) bond motifs is 1. The summed E-state index contributed by atoms with van der Waals surface area (Å²) in [7, 11) is 0. The van der Waals surface area contributed by atoms with Gasteiger partial charge in [-0.05, 0) is 23.8 Å². The van der Waals surface area contributed by atoms with Crippen LogP contribution in [0.15, 0.2) is 66.7 Å². The first-order valence-electron chi connectivity index (χ1n) is 6.73. The fourth-order valence-corrected chi connectivity index (χ4v) is 2.20. The van der Waals surface area contributed by atoms with Crippen LogP contribution in [-0.4, -0.2) is 11.5 Å². The van der Waals surface area contributed by atoms with Crippen LogP contribution in [0.2, 0.25) is 0 Å². The highest BCUT2D eigenvalue weighted by atomic mass is 15.0. The molecule has 0 aliphatic carbocycles. The Labute approximate surface area is 118 Å². The van der Waals surface area contributed by atoms with E-state index in [1.54, 1.807) is 0 Å². The minimum Gasteiger partial charge on any atom is -0.368 e. The zero-order valence-electron chi connectivity index (χ0n) is 11.2. The lowest BCUT2D eigenvalue weighted by molar-refractivity contribution is 0.762. The van der Waals surface area contributed by atoms with E-state index < -0.39 is 0 Å². The molecule has 1 unspecified atom stereocenters. The Kier molecular flexibility index (Phi) is 3.61. The molecule has 1 aromatic heterocycles. The molecule has 0 radical (unpaired) electrons. The highest BCUT2D eigenvalue weighted by molar-refractivity contribution is 5.80. The van der Waals surface area contributed by atoms with Crippen LogP contribution in [0.5, 0.6) is 0 Å². The van der Waals surface area contributed by atoms with Crippen LogP contribution >= 0.6 is 0 Å². The number of rotatable bonds is 4. The van der Waals surface area contributed by atoms with Gasteiger partial charge in [0.1, 0.15) is 5.82 Å². The third-order valence-electron chi connectivity index (χ3n) is 3.33. The number of nitrogens with one attached hydrogen (secondary N) is 1. The maximum absolute atomic E-state index is 6.17. The molecule has 0 spiro atoms. The van der Waals surface area contributed by atoms with Gasteiger partial charge in [0.05, 0.1) is 5.52 Å². The van der Waals surface area contributed by atoms with Gasteiger partial charge in [0, 0.05) is 18.0 Å². The summed E-state index contributed by atoms with van der Waals surface area (Å²) >= 11 is 0. The van der Waals surface area contributed by atoms with Gasteiger partial charge in [-0.3, -0.25) is 0 Å². The number of pyridine rings is 1. The number of hydrogen-bond acceptors (Lipinski definition) is 3. The highest BCUT2D eigenvalue weighted by Crippen LogP contribution is 2.16. The number of hydrogen-bond donors (Lipinski definition) is 2. The zero-order valence-corrected chi connectivity index (χ0v) is 11.2.